The Hall–Kier alpha value is -1.38. The average Bonchev–Trinajstić information content (AvgIpc) is 2.55. The Morgan fingerprint density at radius 1 is 1.19 bits per heavy atom. The molecule has 0 radical (unpaired) electrons. The fourth-order valence-corrected chi connectivity index (χ4v) is 3.04. The fraction of sp³-hybridized carbons (Fsp3) is 0.462. The minimum absolute atomic E-state index is 0.0628. The predicted octanol–water partition coefficient (Wildman–Crippen LogP) is 2.98. The second-order valence-electron chi connectivity index (χ2n) is 4.79. The largest absolute Gasteiger partial charge is 0.325 e. The third-order valence-corrected chi connectivity index (χ3v) is 3.89. The van der Waals surface area contributed by atoms with E-state index in [1.807, 2.05) is 0 Å². The predicted molar refractivity (Wildman–Crippen MR) is 59.8 cm³/mol. The van der Waals surface area contributed by atoms with Crippen molar-refractivity contribution in [2.24, 2.45) is 0 Å². The standard InChI is InChI=1S/C13H14FNO/c14-9-4-5-11-10(8-9)13(12(16)15-11)6-2-1-3-7-13/h4-5,8H,1-3,6-7H2,(H,15,16). The van der Waals surface area contributed by atoms with E-state index in [2.05, 4.69) is 5.32 Å². The van der Waals surface area contributed by atoms with Gasteiger partial charge in [-0.2, -0.15) is 0 Å². The number of hydrogen-bond acceptors (Lipinski definition) is 1. The Labute approximate surface area is 93.9 Å². The number of carbonyl (C=O) groups is 1. The molecule has 16 heavy (non-hydrogen) atoms. The molecule has 0 unspecified atom stereocenters. The summed E-state index contributed by atoms with van der Waals surface area (Å²) in [4.78, 5) is 12.1. The highest BCUT2D eigenvalue weighted by Crippen LogP contribution is 2.47. The first-order valence-electron chi connectivity index (χ1n) is 5.84. The first-order valence-corrected chi connectivity index (χ1v) is 5.84. The third kappa shape index (κ3) is 1.20. The normalized spacial score (nSPS) is 21.9. The van der Waals surface area contributed by atoms with Crippen molar-refractivity contribution in [1.29, 1.82) is 0 Å². The van der Waals surface area contributed by atoms with Gasteiger partial charge in [-0.15, -0.1) is 0 Å². The molecule has 1 heterocycles. The van der Waals surface area contributed by atoms with Crippen LogP contribution in [-0.2, 0) is 10.2 Å². The molecule has 2 nitrogen and oxygen atoms in total. The van der Waals surface area contributed by atoms with Crippen LogP contribution in [0.5, 0.6) is 0 Å². The maximum Gasteiger partial charge on any atom is 0.235 e. The van der Waals surface area contributed by atoms with E-state index >= 15 is 0 Å². The maximum absolute atomic E-state index is 13.3. The van der Waals surface area contributed by atoms with Gasteiger partial charge in [0.2, 0.25) is 5.91 Å². The van der Waals surface area contributed by atoms with Crippen LogP contribution in [0.25, 0.3) is 0 Å². The van der Waals surface area contributed by atoms with Gasteiger partial charge >= 0.3 is 0 Å². The van der Waals surface area contributed by atoms with E-state index < -0.39 is 5.41 Å². The van der Waals surface area contributed by atoms with Gasteiger partial charge in [-0.25, -0.2) is 4.39 Å². The molecule has 1 fully saturated rings. The van der Waals surface area contributed by atoms with Crippen molar-refractivity contribution in [2.75, 3.05) is 5.32 Å². The minimum Gasteiger partial charge on any atom is -0.325 e. The van der Waals surface area contributed by atoms with Gasteiger partial charge < -0.3 is 5.32 Å². The summed E-state index contributed by atoms with van der Waals surface area (Å²) in [6.07, 6.45) is 5.01. The van der Waals surface area contributed by atoms with Crippen molar-refractivity contribution in [2.45, 2.75) is 37.5 Å². The Kier molecular flexibility index (Phi) is 2.03. The van der Waals surface area contributed by atoms with Gasteiger partial charge in [-0.1, -0.05) is 19.3 Å². The van der Waals surface area contributed by atoms with E-state index in [0.29, 0.717) is 0 Å². The van der Waals surface area contributed by atoms with Gasteiger partial charge in [0.05, 0.1) is 5.41 Å². The van der Waals surface area contributed by atoms with Crippen molar-refractivity contribution in [3.05, 3.63) is 29.6 Å². The van der Waals surface area contributed by atoms with Crippen LogP contribution in [0.3, 0.4) is 0 Å². The quantitative estimate of drug-likeness (QED) is 0.714. The zero-order chi connectivity index (χ0) is 11.2. The molecule has 1 spiro atoms. The summed E-state index contributed by atoms with van der Waals surface area (Å²) < 4.78 is 13.3. The zero-order valence-electron chi connectivity index (χ0n) is 9.05. The van der Waals surface area contributed by atoms with Crippen molar-refractivity contribution in [3.8, 4) is 0 Å². The smallest absolute Gasteiger partial charge is 0.235 e. The van der Waals surface area contributed by atoms with E-state index in [-0.39, 0.29) is 11.7 Å². The monoisotopic (exact) mass is 219 g/mol. The molecule has 1 N–H and O–H groups in total. The van der Waals surface area contributed by atoms with E-state index in [0.717, 1.165) is 36.9 Å². The molecule has 2 aliphatic rings. The van der Waals surface area contributed by atoms with E-state index in [1.54, 1.807) is 6.07 Å². The summed E-state index contributed by atoms with van der Waals surface area (Å²) in [7, 11) is 0. The summed E-state index contributed by atoms with van der Waals surface area (Å²) in [6.45, 7) is 0. The van der Waals surface area contributed by atoms with Gasteiger partial charge in [0.15, 0.2) is 0 Å². The number of anilines is 1. The average molecular weight is 219 g/mol. The topological polar surface area (TPSA) is 29.1 Å². The molecule has 0 bridgehead atoms. The molecule has 1 aromatic carbocycles. The van der Waals surface area contributed by atoms with Crippen LogP contribution < -0.4 is 5.32 Å². The van der Waals surface area contributed by atoms with Crippen LogP contribution in [0.2, 0.25) is 0 Å². The van der Waals surface area contributed by atoms with Crippen LogP contribution in [-0.4, -0.2) is 5.91 Å². The number of fused-ring (bicyclic) bond motifs is 2. The van der Waals surface area contributed by atoms with E-state index in [1.165, 1.54) is 18.6 Å². The molecule has 84 valence electrons. The molecule has 1 aliphatic carbocycles. The van der Waals surface area contributed by atoms with Gasteiger partial charge in [-0.05, 0) is 36.6 Å². The van der Waals surface area contributed by atoms with E-state index in [4.69, 9.17) is 0 Å². The van der Waals surface area contributed by atoms with Crippen LogP contribution in [0.1, 0.15) is 37.7 Å². The van der Waals surface area contributed by atoms with Crippen molar-refractivity contribution >= 4 is 11.6 Å². The second kappa shape index (κ2) is 3.30. The molecule has 1 saturated carbocycles. The lowest BCUT2D eigenvalue weighted by molar-refractivity contribution is -0.121. The Morgan fingerprint density at radius 2 is 1.94 bits per heavy atom. The lowest BCUT2D eigenvalue weighted by Gasteiger charge is -2.31. The molecule has 1 aromatic rings. The summed E-state index contributed by atoms with van der Waals surface area (Å²) >= 11 is 0. The molecule has 0 atom stereocenters. The molecule has 0 aromatic heterocycles. The van der Waals surface area contributed by atoms with Crippen LogP contribution in [0.15, 0.2) is 18.2 Å². The Bertz CT molecular complexity index is 449. The maximum atomic E-state index is 13.3. The van der Waals surface area contributed by atoms with Crippen LogP contribution in [0, 0.1) is 5.82 Å². The Balaban J connectivity index is 2.13. The van der Waals surface area contributed by atoms with E-state index in [9.17, 15) is 9.18 Å². The van der Waals surface area contributed by atoms with Gasteiger partial charge in [0.1, 0.15) is 5.82 Å². The molecular formula is C13H14FNO. The summed E-state index contributed by atoms with van der Waals surface area (Å²) in [5.74, 6) is -0.187. The lowest BCUT2D eigenvalue weighted by atomic mass is 9.70. The zero-order valence-corrected chi connectivity index (χ0v) is 9.05. The molecule has 1 aliphatic heterocycles. The number of amides is 1. The van der Waals surface area contributed by atoms with Gasteiger partial charge in [0, 0.05) is 5.69 Å². The number of nitrogens with one attached hydrogen (secondary N) is 1. The number of hydrogen-bond donors (Lipinski definition) is 1. The highest BCUT2D eigenvalue weighted by Gasteiger charge is 2.47. The van der Waals surface area contributed by atoms with Gasteiger partial charge in [0.25, 0.3) is 0 Å². The first-order chi connectivity index (χ1) is 7.72. The number of carbonyl (C=O) groups excluding carboxylic acids is 1. The molecule has 3 rings (SSSR count). The van der Waals surface area contributed by atoms with Crippen molar-refractivity contribution in [1.82, 2.24) is 0 Å². The highest BCUT2D eigenvalue weighted by atomic mass is 19.1. The number of benzene rings is 1. The summed E-state index contributed by atoms with van der Waals surface area (Å²) in [5, 5.41) is 2.88. The number of halogens is 1. The first kappa shape index (κ1) is 9.82. The number of rotatable bonds is 0. The van der Waals surface area contributed by atoms with Gasteiger partial charge in [-0.3, -0.25) is 4.79 Å². The highest BCUT2D eigenvalue weighted by molar-refractivity contribution is 6.06. The molecule has 0 saturated heterocycles. The summed E-state index contributed by atoms with van der Waals surface area (Å²) in [6, 6.07) is 4.60. The minimum atomic E-state index is -0.435. The Morgan fingerprint density at radius 3 is 2.69 bits per heavy atom. The molecule has 3 heteroatoms. The fourth-order valence-electron chi connectivity index (χ4n) is 3.04. The molecule has 1 amide bonds. The SMILES string of the molecule is O=C1Nc2ccc(F)cc2C12CCCCC2. The van der Waals surface area contributed by atoms with Crippen molar-refractivity contribution < 1.29 is 9.18 Å². The van der Waals surface area contributed by atoms with Crippen LogP contribution in [0.4, 0.5) is 10.1 Å². The lowest BCUT2D eigenvalue weighted by Crippen LogP contribution is -2.36. The van der Waals surface area contributed by atoms with Crippen molar-refractivity contribution in [3.63, 3.8) is 0 Å². The molecular weight excluding hydrogens is 205 g/mol. The summed E-state index contributed by atoms with van der Waals surface area (Å²) in [5.41, 5.74) is 1.24. The second-order valence-corrected chi connectivity index (χ2v) is 4.79. The van der Waals surface area contributed by atoms with Crippen LogP contribution >= 0.6 is 0 Å². The third-order valence-electron chi connectivity index (χ3n) is 3.89.